The van der Waals surface area contributed by atoms with Gasteiger partial charge >= 0.3 is 5.97 Å². The summed E-state index contributed by atoms with van der Waals surface area (Å²) in [6.45, 7) is 0. The molecule has 0 amide bonds. The zero-order valence-electron chi connectivity index (χ0n) is 10.5. The van der Waals surface area contributed by atoms with Gasteiger partial charge in [0.15, 0.2) is 0 Å². The number of aromatic nitrogens is 2. The lowest BCUT2D eigenvalue weighted by atomic mass is 10.2. The van der Waals surface area contributed by atoms with Gasteiger partial charge in [0, 0.05) is 15.6 Å². The second-order valence-electron chi connectivity index (χ2n) is 3.93. The number of carboxylic acids is 1. The van der Waals surface area contributed by atoms with Gasteiger partial charge < -0.3 is 5.11 Å². The molecule has 0 fully saturated rings. The predicted octanol–water partition coefficient (Wildman–Crippen LogP) is 4.17. The van der Waals surface area contributed by atoms with Crippen LogP contribution >= 0.6 is 27.7 Å². The Labute approximate surface area is 131 Å². The minimum absolute atomic E-state index is 0.170. The number of benzene rings is 1. The third kappa shape index (κ3) is 4.21. The molecule has 1 aromatic heterocycles. The Kier molecular flexibility index (Phi) is 5.24. The maximum atomic E-state index is 12.8. The fourth-order valence-electron chi connectivity index (χ4n) is 1.51. The van der Waals surface area contributed by atoms with Crippen molar-refractivity contribution < 1.29 is 18.7 Å². The van der Waals surface area contributed by atoms with Crippen molar-refractivity contribution >= 4 is 33.7 Å². The molecule has 8 heteroatoms. The van der Waals surface area contributed by atoms with Gasteiger partial charge in [-0.05, 0) is 24.3 Å². The van der Waals surface area contributed by atoms with E-state index in [0.717, 1.165) is 15.6 Å². The molecule has 0 saturated carbocycles. The van der Waals surface area contributed by atoms with Gasteiger partial charge in [-0.1, -0.05) is 15.9 Å². The molecule has 1 N–H and O–H groups in total. The molecule has 0 atom stereocenters. The first-order valence-electron chi connectivity index (χ1n) is 5.73. The lowest BCUT2D eigenvalue weighted by Gasteiger charge is -2.06. The largest absolute Gasteiger partial charge is 0.478 e. The van der Waals surface area contributed by atoms with E-state index in [1.165, 1.54) is 11.8 Å². The Balaban J connectivity index is 2.15. The molecule has 0 bridgehead atoms. The summed E-state index contributed by atoms with van der Waals surface area (Å²) in [5.41, 5.74) is -1.31. The topological polar surface area (TPSA) is 63.1 Å². The van der Waals surface area contributed by atoms with Crippen LogP contribution in [0.3, 0.4) is 0 Å². The standard InChI is InChI=1S/C13H9BrF2N2O2S/c14-7-1-3-8(4-2-7)21-6-10-17-5-9(13(19)20)11(18-10)12(15)16/h1-5,12H,6H2,(H,19,20). The fourth-order valence-corrected chi connectivity index (χ4v) is 2.54. The molecule has 21 heavy (non-hydrogen) atoms. The normalized spacial score (nSPS) is 10.9. The summed E-state index contributed by atoms with van der Waals surface area (Å²) < 4.78 is 26.6. The van der Waals surface area contributed by atoms with Crippen molar-refractivity contribution in [3.63, 3.8) is 0 Å². The predicted molar refractivity (Wildman–Crippen MR) is 77.7 cm³/mol. The summed E-state index contributed by atoms with van der Waals surface area (Å²) in [6, 6.07) is 7.46. The van der Waals surface area contributed by atoms with E-state index in [2.05, 4.69) is 25.9 Å². The molecule has 0 aliphatic heterocycles. The highest BCUT2D eigenvalue weighted by Gasteiger charge is 2.21. The van der Waals surface area contributed by atoms with Crippen LogP contribution in [0.2, 0.25) is 0 Å². The number of alkyl halides is 2. The maximum Gasteiger partial charge on any atom is 0.339 e. The van der Waals surface area contributed by atoms with Crippen LogP contribution in [-0.4, -0.2) is 21.0 Å². The molecule has 110 valence electrons. The molecule has 2 aromatic rings. The van der Waals surface area contributed by atoms with Crippen molar-refractivity contribution in [3.8, 4) is 0 Å². The van der Waals surface area contributed by atoms with Crippen molar-refractivity contribution in [2.24, 2.45) is 0 Å². The summed E-state index contributed by atoms with van der Waals surface area (Å²) in [5, 5.41) is 8.82. The molecule has 0 saturated heterocycles. The van der Waals surface area contributed by atoms with Crippen LogP contribution in [0.1, 0.15) is 28.3 Å². The van der Waals surface area contributed by atoms with Crippen molar-refractivity contribution in [3.05, 3.63) is 52.0 Å². The third-order valence-electron chi connectivity index (χ3n) is 2.49. The van der Waals surface area contributed by atoms with Gasteiger partial charge in [-0.3, -0.25) is 0 Å². The first-order chi connectivity index (χ1) is 9.97. The number of thioether (sulfide) groups is 1. The van der Waals surface area contributed by atoms with Gasteiger partial charge in [0.2, 0.25) is 0 Å². The minimum Gasteiger partial charge on any atom is -0.478 e. The summed E-state index contributed by atoms with van der Waals surface area (Å²) in [4.78, 5) is 19.2. The first kappa shape index (κ1) is 15.8. The highest BCUT2D eigenvalue weighted by molar-refractivity contribution is 9.10. The fraction of sp³-hybridized carbons (Fsp3) is 0.154. The van der Waals surface area contributed by atoms with Gasteiger partial charge in [0.25, 0.3) is 6.43 Å². The quantitative estimate of drug-likeness (QED) is 0.795. The van der Waals surface area contributed by atoms with Crippen LogP contribution in [-0.2, 0) is 5.75 Å². The van der Waals surface area contributed by atoms with Gasteiger partial charge in [0.1, 0.15) is 17.1 Å². The van der Waals surface area contributed by atoms with E-state index in [1.807, 2.05) is 24.3 Å². The van der Waals surface area contributed by atoms with E-state index in [4.69, 9.17) is 5.11 Å². The Morgan fingerprint density at radius 1 is 1.33 bits per heavy atom. The number of nitrogens with zero attached hydrogens (tertiary/aromatic N) is 2. The summed E-state index contributed by atoms with van der Waals surface area (Å²) >= 11 is 4.69. The molecular weight excluding hydrogens is 366 g/mol. The van der Waals surface area contributed by atoms with Crippen LogP contribution in [0.15, 0.2) is 39.8 Å². The highest BCUT2D eigenvalue weighted by atomic mass is 79.9. The molecular formula is C13H9BrF2N2O2S. The molecule has 0 radical (unpaired) electrons. The van der Waals surface area contributed by atoms with Gasteiger partial charge in [-0.15, -0.1) is 11.8 Å². The molecule has 0 spiro atoms. The van der Waals surface area contributed by atoms with Crippen LogP contribution in [0.5, 0.6) is 0 Å². The van der Waals surface area contributed by atoms with Crippen molar-refractivity contribution in [2.45, 2.75) is 17.1 Å². The van der Waals surface area contributed by atoms with Crippen LogP contribution in [0, 0.1) is 0 Å². The highest BCUT2D eigenvalue weighted by Crippen LogP contribution is 2.25. The number of hydrogen-bond acceptors (Lipinski definition) is 4. The van der Waals surface area contributed by atoms with E-state index >= 15 is 0 Å². The van der Waals surface area contributed by atoms with Gasteiger partial charge in [-0.25, -0.2) is 23.5 Å². The lowest BCUT2D eigenvalue weighted by Crippen LogP contribution is -2.09. The van der Waals surface area contributed by atoms with Crippen molar-refractivity contribution in [1.82, 2.24) is 9.97 Å². The number of rotatable bonds is 5. The van der Waals surface area contributed by atoms with E-state index < -0.39 is 23.7 Å². The number of halogens is 3. The Bertz CT molecular complexity index is 653. The molecule has 0 aliphatic rings. The summed E-state index contributed by atoms with van der Waals surface area (Å²) in [5.74, 6) is -1.01. The van der Waals surface area contributed by atoms with Crippen molar-refractivity contribution in [2.75, 3.05) is 0 Å². The molecule has 0 aliphatic carbocycles. The third-order valence-corrected chi connectivity index (χ3v) is 4.02. The average molecular weight is 375 g/mol. The molecule has 2 rings (SSSR count). The van der Waals surface area contributed by atoms with Gasteiger partial charge in [0.05, 0.1) is 5.75 Å². The monoisotopic (exact) mass is 374 g/mol. The average Bonchev–Trinajstić information content (AvgIpc) is 2.46. The number of carboxylic acid groups (broad SMARTS) is 1. The van der Waals surface area contributed by atoms with E-state index in [0.29, 0.717) is 0 Å². The zero-order chi connectivity index (χ0) is 15.4. The molecule has 0 unspecified atom stereocenters. The number of hydrogen-bond donors (Lipinski definition) is 1. The van der Waals surface area contributed by atoms with E-state index in [1.54, 1.807) is 0 Å². The molecule has 1 heterocycles. The number of carbonyl (C=O) groups is 1. The number of aromatic carboxylic acids is 1. The SMILES string of the molecule is O=C(O)c1cnc(CSc2ccc(Br)cc2)nc1C(F)F. The maximum absolute atomic E-state index is 12.8. The van der Waals surface area contributed by atoms with Crippen LogP contribution < -0.4 is 0 Å². The second-order valence-corrected chi connectivity index (χ2v) is 5.90. The van der Waals surface area contributed by atoms with E-state index in [-0.39, 0.29) is 11.6 Å². The summed E-state index contributed by atoms with van der Waals surface area (Å²) in [6.07, 6.45) is -2.02. The Hall–Kier alpha value is -1.54. The Morgan fingerprint density at radius 2 is 2.00 bits per heavy atom. The van der Waals surface area contributed by atoms with Crippen molar-refractivity contribution in [1.29, 1.82) is 0 Å². The summed E-state index contributed by atoms with van der Waals surface area (Å²) in [7, 11) is 0. The lowest BCUT2D eigenvalue weighted by molar-refractivity contribution is 0.0681. The van der Waals surface area contributed by atoms with Crippen LogP contribution in [0.25, 0.3) is 0 Å². The van der Waals surface area contributed by atoms with Gasteiger partial charge in [-0.2, -0.15) is 0 Å². The zero-order valence-corrected chi connectivity index (χ0v) is 12.9. The van der Waals surface area contributed by atoms with E-state index in [9.17, 15) is 13.6 Å². The first-order valence-corrected chi connectivity index (χ1v) is 7.51. The smallest absolute Gasteiger partial charge is 0.339 e. The molecule has 1 aromatic carbocycles. The minimum atomic E-state index is -2.95. The Morgan fingerprint density at radius 3 is 2.57 bits per heavy atom. The second kappa shape index (κ2) is 6.95. The van der Waals surface area contributed by atoms with Crippen LogP contribution in [0.4, 0.5) is 8.78 Å². The molecule has 4 nitrogen and oxygen atoms in total.